The number of nitrogens with one attached hydrogen (secondary N) is 1. The van der Waals surface area contributed by atoms with Gasteiger partial charge in [-0.05, 0) is 18.2 Å². The van der Waals surface area contributed by atoms with Crippen molar-refractivity contribution < 1.29 is 40.8 Å². The second-order valence-corrected chi connectivity index (χ2v) is 7.10. The smallest absolute Gasteiger partial charge is 0.395 e. The molecule has 5 N–H and O–H groups in total. The topological polar surface area (TPSA) is 150 Å². The summed E-state index contributed by atoms with van der Waals surface area (Å²) in [5, 5.41) is 13.3. The van der Waals surface area contributed by atoms with Crippen molar-refractivity contribution in [2.45, 2.75) is 24.1 Å². The van der Waals surface area contributed by atoms with Crippen LogP contribution < -0.4 is 21.7 Å². The summed E-state index contributed by atoms with van der Waals surface area (Å²) >= 11 is 0. The fourth-order valence-corrected chi connectivity index (χ4v) is 2.63. The minimum absolute atomic E-state index is 0.203. The van der Waals surface area contributed by atoms with Gasteiger partial charge < -0.3 is 20.7 Å². The molecule has 0 bridgehead atoms. The summed E-state index contributed by atoms with van der Waals surface area (Å²) in [6.07, 6.45) is -10.4. The number of pyridine rings is 1. The molecule has 2 atom stereocenters. The molecule has 0 saturated heterocycles. The van der Waals surface area contributed by atoms with Crippen molar-refractivity contribution >= 4 is 17.5 Å². The Bertz CT molecular complexity index is 1010. The first-order valence-electron chi connectivity index (χ1n) is 8.84. The molecule has 1 heterocycles. The molecule has 2 unspecified atom stereocenters. The van der Waals surface area contributed by atoms with Crippen LogP contribution in [0.25, 0.3) is 0 Å². The van der Waals surface area contributed by atoms with Crippen molar-refractivity contribution in [2.24, 2.45) is 11.5 Å². The van der Waals surface area contributed by atoms with Crippen LogP contribution in [0.2, 0.25) is 0 Å². The van der Waals surface area contributed by atoms with Gasteiger partial charge >= 0.3 is 18.0 Å². The van der Waals surface area contributed by atoms with E-state index in [-0.39, 0.29) is 5.82 Å². The minimum atomic E-state index is -4.83. The molecule has 0 saturated carbocycles. The summed E-state index contributed by atoms with van der Waals surface area (Å²) in [4.78, 5) is 28.0. The number of amides is 1. The van der Waals surface area contributed by atoms with Crippen molar-refractivity contribution in [3.05, 3.63) is 51.2 Å². The molecule has 10 nitrogen and oxygen atoms in total. The number of nitro groups is 1. The van der Waals surface area contributed by atoms with Crippen molar-refractivity contribution in [2.75, 3.05) is 30.9 Å². The number of carbonyl (C=O) groups excluding carboxylic acids is 1. The van der Waals surface area contributed by atoms with Crippen LogP contribution >= 0.6 is 0 Å². The Kier molecular flexibility index (Phi) is 6.94. The summed E-state index contributed by atoms with van der Waals surface area (Å²) in [5.74, 6) is -2.16. The van der Waals surface area contributed by atoms with Gasteiger partial charge in [0.05, 0.1) is 16.1 Å². The first kappa shape index (κ1) is 25.9. The molecular formula is C17H18F6N6O4. The van der Waals surface area contributed by atoms with E-state index in [1.165, 1.54) is 19.0 Å². The number of halogens is 6. The van der Waals surface area contributed by atoms with Gasteiger partial charge in [0, 0.05) is 20.2 Å². The lowest BCUT2D eigenvalue weighted by Gasteiger charge is -2.28. The van der Waals surface area contributed by atoms with Crippen LogP contribution in [0.4, 0.5) is 38.0 Å². The highest BCUT2D eigenvalue weighted by atomic mass is 19.4. The molecule has 1 aromatic heterocycles. The lowest BCUT2D eigenvalue weighted by molar-refractivity contribution is -0.543. The summed E-state index contributed by atoms with van der Waals surface area (Å²) < 4.78 is 82.0. The second kappa shape index (κ2) is 8.86. The van der Waals surface area contributed by atoms with Crippen LogP contribution in [0, 0.1) is 10.1 Å². The van der Waals surface area contributed by atoms with Gasteiger partial charge in [0.15, 0.2) is 0 Å². The third kappa shape index (κ3) is 6.10. The van der Waals surface area contributed by atoms with Gasteiger partial charge in [0.2, 0.25) is 0 Å². The Morgan fingerprint density at radius 3 is 2.39 bits per heavy atom. The van der Waals surface area contributed by atoms with E-state index in [2.05, 4.69) is 9.72 Å². The lowest BCUT2D eigenvalue weighted by Crippen LogP contribution is -2.54. The van der Waals surface area contributed by atoms with E-state index in [1.54, 1.807) is 0 Å². The predicted molar refractivity (Wildman–Crippen MR) is 102 cm³/mol. The average molecular weight is 484 g/mol. The van der Waals surface area contributed by atoms with Gasteiger partial charge in [-0.2, -0.15) is 26.3 Å². The highest BCUT2D eigenvalue weighted by Crippen LogP contribution is 2.33. The Morgan fingerprint density at radius 2 is 1.91 bits per heavy atom. The van der Waals surface area contributed by atoms with E-state index in [1.807, 2.05) is 5.32 Å². The summed E-state index contributed by atoms with van der Waals surface area (Å²) in [6.45, 7) is -1.85. The van der Waals surface area contributed by atoms with E-state index >= 15 is 0 Å². The Morgan fingerprint density at radius 1 is 1.30 bits per heavy atom. The normalized spacial score (nSPS) is 21.2. The number of rotatable bonds is 6. The van der Waals surface area contributed by atoms with Crippen LogP contribution in [-0.4, -0.2) is 54.5 Å². The van der Waals surface area contributed by atoms with Crippen LogP contribution in [0.5, 0.6) is 0 Å². The van der Waals surface area contributed by atoms with Crippen molar-refractivity contribution in [1.29, 1.82) is 0 Å². The van der Waals surface area contributed by atoms with E-state index in [0.29, 0.717) is 24.3 Å². The molecule has 1 aliphatic rings. The number of ether oxygens (including phenoxy) is 1. The lowest BCUT2D eigenvalue weighted by atomic mass is 9.92. The fraction of sp³-hybridized carbons (Fsp3) is 0.412. The minimum Gasteiger partial charge on any atom is -0.395 e. The molecular weight excluding hydrogens is 466 g/mol. The summed E-state index contributed by atoms with van der Waals surface area (Å²) in [6, 6.07) is 1.18. The quantitative estimate of drug-likeness (QED) is 0.239. The van der Waals surface area contributed by atoms with E-state index in [9.17, 15) is 41.3 Å². The van der Waals surface area contributed by atoms with Gasteiger partial charge in [-0.3, -0.25) is 20.6 Å². The third-order valence-electron chi connectivity index (χ3n) is 4.31. The second-order valence-electron chi connectivity index (χ2n) is 7.10. The Hall–Kier alpha value is -3.40. The van der Waals surface area contributed by atoms with Gasteiger partial charge in [-0.1, -0.05) is 0 Å². The first-order chi connectivity index (χ1) is 14.9. The van der Waals surface area contributed by atoms with Crippen LogP contribution in [0.3, 0.4) is 0 Å². The Labute approximate surface area is 182 Å². The van der Waals surface area contributed by atoms with Crippen LogP contribution in [0.1, 0.15) is 5.56 Å². The number of carbonyl (C=O) groups is 1. The number of nitrogens with zero attached hydrogens (tertiary/aromatic N) is 3. The van der Waals surface area contributed by atoms with E-state index < -0.39 is 64.2 Å². The number of anilines is 2. The van der Waals surface area contributed by atoms with Gasteiger partial charge in [-0.25, -0.2) is 4.98 Å². The summed E-state index contributed by atoms with van der Waals surface area (Å²) in [7, 11) is 2.76. The molecule has 0 radical (unpaired) electrons. The van der Waals surface area contributed by atoms with Crippen molar-refractivity contribution in [3.8, 4) is 0 Å². The molecule has 1 aromatic rings. The zero-order chi connectivity index (χ0) is 25.4. The third-order valence-corrected chi connectivity index (χ3v) is 4.31. The van der Waals surface area contributed by atoms with Gasteiger partial charge in [0.25, 0.3) is 5.91 Å². The maximum Gasteiger partial charge on any atom is 0.416 e. The molecule has 1 aliphatic carbocycles. The molecule has 0 aliphatic heterocycles. The number of nitrogens with two attached hydrogens (primary N) is 2. The molecule has 0 spiro atoms. The first-order valence-corrected chi connectivity index (χ1v) is 8.84. The maximum absolute atomic E-state index is 13.2. The molecule has 0 fully saturated rings. The van der Waals surface area contributed by atoms with Crippen molar-refractivity contribution in [1.82, 2.24) is 4.98 Å². The zero-order valence-corrected chi connectivity index (χ0v) is 17.0. The standard InChI is InChI=1S/C17H18F6N6O4/c1-28(2)13-4-8(17(21,22)23)3-12(26-13)27-14(30)9-6-15(25,29(31)32)11(24)5-10(9)33-7-16(18,19)20/h3-6,10H,7,24-25H2,1-2H3,(H,26,27,30). The molecule has 33 heavy (non-hydrogen) atoms. The van der Waals surface area contributed by atoms with Crippen LogP contribution in [0.15, 0.2) is 35.6 Å². The van der Waals surface area contributed by atoms with Crippen molar-refractivity contribution in [3.63, 3.8) is 0 Å². The van der Waals surface area contributed by atoms with E-state index in [4.69, 9.17) is 11.5 Å². The summed E-state index contributed by atoms with van der Waals surface area (Å²) in [5.41, 5.74) is 5.72. The maximum atomic E-state index is 13.2. The number of aromatic nitrogens is 1. The molecule has 1 amide bonds. The predicted octanol–water partition coefficient (Wildman–Crippen LogP) is 1.77. The molecule has 0 aromatic carbocycles. The highest BCUT2D eigenvalue weighted by molar-refractivity contribution is 6.04. The highest BCUT2D eigenvalue weighted by Gasteiger charge is 2.46. The SMILES string of the molecule is CN(C)c1cc(C(F)(F)F)cc(NC(=O)C2=CC(N)([N+](=O)[O-])C(N)=CC2OCC(F)(F)F)n1. The van der Waals surface area contributed by atoms with Gasteiger partial charge in [-0.15, -0.1) is 0 Å². The fourth-order valence-electron chi connectivity index (χ4n) is 2.63. The Balaban J connectivity index is 2.47. The van der Waals surface area contributed by atoms with Crippen LogP contribution in [-0.2, 0) is 15.7 Å². The number of alkyl halides is 6. The molecule has 182 valence electrons. The van der Waals surface area contributed by atoms with Gasteiger partial charge in [0.1, 0.15) is 30.0 Å². The average Bonchev–Trinajstić information content (AvgIpc) is 2.66. The molecule has 2 rings (SSSR count). The number of hydrogen-bond acceptors (Lipinski definition) is 8. The van der Waals surface area contributed by atoms with E-state index in [0.717, 1.165) is 0 Å². The number of hydrogen-bond donors (Lipinski definition) is 3. The molecule has 16 heteroatoms. The largest absolute Gasteiger partial charge is 0.416 e. The monoisotopic (exact) mass is 484 g/mol. The zero-order valence-electron chi connectivity index (χ0n) is 17.0.